The number of urea groups is 1. The van der Waals surface area contributed by atoms with Crippen LogP contribution in [0.4, 0.5) is 4.79 Å². The Morgan fingerprint density at radius 3 is 2.46 bits per heavy atom. The normalized spacial score (nSPS) is 18.6. The molecule has 3 N–H and O–H groups in total. The first-order chi connectivity index (χ1) is 13.0. The second kappa shape index (κ2) is 10.4. The van der Waals surface area contributed by atoms with Gasteiger partial charge in [0.05, 0.1) is 6.54 Å². The summed E-state index contributed by atoms with van der Waals surface area (Å²) in [5.74, 6) is 0.496. The quantitative estimate of drug-likeness (QED) is 0.215. The lowest BCUT2D eigenvalue weighted by atomic mass is 9.79. The van der Waals surface area contributed by atoms with Crippen molar-refractivity contribution in [3.05, 3.63) is 34.3 Å². The largest absolute Gasteiger partial charge is 0.356 e. The summed E-state index contributed by atoms with van der Waals surface area (Å²) in [5.41, 5.74) is 1.47. The minimum Gasteiger partial charge on any atom is -0.356 e. The molecule has 1 saturated carbocycles. The van der Waals surface area contributed by atoms with Crippen LogP contribution in [0.2, 0.25) is 0 Å². The van der Waals surface area contributed by atoms with Gasteiger partial charge in [-0.25, -0.2) is 4.79 Å². The van der Waals surface area contributed by atoms with E-state index in [0.29, 0.717) is 19.0 Å². The van der Waals surface area contributed by atoms with E-state index in [4.69, 9.17) is 0 Å². The van der Waals surface area contributed by atoms with Crippen LogP contribution in [0.3, 0.4) is 0 Å². The number of nitrogens with zero attached hydrogens (tertiary/aromatic N) is 2. The van der Waals surface area contributed by atoms with E-state index in [1.165, 1.54) is 23.3 Å². The molecule has 3 rings (SSSR count). The van der Waals surface area contributed by atoms with E-state index in [1.54, 1.807) is 7.05 Å². The summed E-state index contributed by atoms with van der Waals surface area (Å²) in [6.45, 7) is 1.67. The first-order valence-corrected chi connectivity index (χ1v) is 10.1. The molecule has 1 aromatic rings. The van der Waals surface area contributed by atoms with E-state index in [2.05, 4.69) is 61.1 Å². The number of nitrogens with one attached hydrogen (secondary N) is 3. The Kier molecular flexibility index (Phi) is 8.54. The molecule has 0 bridgehead atoms. The maximum atomic E-state index is 11.6. The summed E-state index contributed by atoms with van der Waals surface area (Å²) in [5, 5.41) is 9.15. The number of benzene rings is 1. The predicted molar refractivity (Wildman–Crippen MR) is 124 cm³/mol. The van der Waals surface area contributed by atoms with Gasteiger partial charge in [-0.2, -0.15) is 0 Å². The average molecular weight is 564 g/mol. The van der Waals surface area contributed by atoms with E-state index in [9.17, 15) is 9.59 Å². The Morgan fingerprint density at radius 1 is 1.21 bits per heavy atom. The highest BCUT2D eigenvalue weighted by Gasteiger charge is 2.35. The molecule has 0 unspecified atom stereocenters. The average Bonchev–Trinajstić information content (AvgIpc) is 3.27. The van der Waals surface area contributed by atoms with Crippen molar-refractivity contribution in [3.63, 3.8) is 0 Å². The summed E-state index contributed by atoms with van der Waals surface area (Å²) in [6.07, 6.45) is 4.77. The molecule has 28 heavy (non-hydrogen) atoms. The third kappa shape index (κ3) is 5.37. The van der Waals surface area contributed by atoms with Crippen molar-refractivity contribution < 1.29 is 9.59 Å². The second-order valence-corrected chi connectivity index (χ2v) is 7.97. The van der Waals surface area contributed by atoms with E-state index in [1.807, 2.05) is 0 Å². The molecule has 1 aromatic carbocycles. The molecule has 2 aliphatic rings. The second-order valence-electron chi connectivity index (χ2n) is 7.05. The van der Waals surface area contributed by atoms with Gasteiger partial charge in [0, 0.05) is 36.6 Å². The van der Waals surface area contributed by atoms with Gasteiger partial charge in [0.1, 0.15) is 0 Å². The molecule has 1 aliphatic carbocycles. The summed E-state index contributed by atoms with van der Waals surface area (Å²) < 4.78 is 1.09. The minimum absolute atomic E-state index is 0. The van der Waals surface area contributed by atoms with Crippen molar-refractivity contribution in [1.82, 2.24) is 20.9 Å². The summed E-state index contributed by atoms with van der Waals surface area (Å²) in [6, 6.07) is 8.27. The SMILES string of the molecule is CN=C(NCCN1C(=O)CNC1=O)NCC1(c2ccc(Br)cc2)CCCC1.I. The van der Waals surface area contributed by atoms with Crippen molar-refractivity contribution in [3.8, 4) is 0 Å². The number of halogens is 2. The summed E-state index contributed by atoms with van der Waals surface area (Å²) in [4.78, 5) is 28.7. The lowest BCUT2D eigenvalue weighted by Gasteiger charge is -2.31. The number of guanidine groups is 1. The van der Waals surface area contributed by atoms with Crippen LogP contribution < -0.4 is 16.0 Å². The van der Waals surface area contributed by atoms with Gasteiger partial charge in [0.15, 0.2) is 5.96 Å². The van der Waals surface area contributed by atoms with Gasteiger partial charge in [-0.1, -0.05) is 40.9 Å². The van der Waals surface area contributed by atoms with Gasteiger partial charge in [0.25, 0.3) is 0 Å². The van der Waals surface area contributed by atoms with Crippen LogP contribution in [0.5, 0.6) is 0 Å². The molecule has 0 aromatic heterocycles. The first-order valence-electron chi connectivity index (χ1n) is 9.33. The van der Waals surface area contributed by atoms with Crippen LogP contribution in [0.1, 0.15) is 31.2 Å². The van der Waals surface area contributed by atoms with Gasteiger partial charge >= 0.3 is 6.03 Å². The van der Waals surface area contributed by atoms with Gasteiger partial charge in [-0.3, -0.25) is 14.7 Å². The minimum atomic E-state index is -0.329. The van der Waals surface area contributed by atoms with Crippen LogP contribution in [0.15, 0.2) is 33.7 Å². The number of hydrogen-bond donors (Lipinski definition) is 3. The zero-order valence-electron chi connectivity index (χ0n) is 16.0. The molecule has 2 fully saturated rings. The van der Waals surface area contributed by atoms with E-state index in [-0.39, 0.29) is 47.9 Å². The molecule has 0 spiro atoms. The van der Waals surface area contributed by atoms with Crippen LogP contribution in [-0.2, 0) is 10.2 Å². The highest BCUT2D eigenvalue weighted by atomic mass is 127. The van der Waals surface area contributed by atoms with Gasteiger partial charge in [0.2, 0.25) is 5.91 Å². The summed E-state index contributed by atoms with van der Waals surface area (Å²) in [7, 11) is 1.73. The maximum absolute atomic E-state index is 11.6. The molecule has 7 nitrogen and oxygen atoms in total. The highest BCUT2D eigenvalue weighted by molar-refractivity contribution is 14.0. The van der Waals surface area contributed by atoms with Gasteiger partial charge in [-0.05, 0) is 30.5 Å². The van der Waals surface area contributed by atoms with Crippen LogP contribution in [0, 0.1) is 0 Å². The maximum Gasteiger partial charge on any atom is 0.324 e. The van der Waals surface area contributed by atoms with Crippen molar-refractivity contribution >= 4 is 57.8 Å². The number of aliphatic imine (C=N–C) groups is 1. The lowest BCUT2D eigenvalue weighted by molar-refractivity contribution is -0.124. The Morgan fingerprint density at radius 2 is 1.89 bits per heavy atom. The monoisotopic (exact) mass is 563 g/mol. The number of hydrogen-bond acceptors (Lipinski definition) is 3. The number of carbonyl (C=O) groups excluding carboxylic acids is 2. The zero-order valence-corrected chi connectivity index (χ0v) is 19.9. The summed E-state index contributed by atoms with van der Waals surface area (Å²) >= 11 is 3.51. The smallest absolute Gasteiger partial charge is 0.324 e. The Balaban J connectivity index is 0.00000280. The molecular formula is C19H27BrIN5O2. The number of carbonyl (C=O) groups is 2. The van der Waals surface area contributed by atoms with Crippen LogP contribution in [-0.4, -0.2) is 56.0 Å². The Labute approximate surface area is 191 Å². The third-order valence-corrected chi connectivity index (χ3v) is 5.93. The Hall–Kier alpha value is -1.36. The van der Waals surface area contributed by atoms with Crippen molar-refractivity contribution in [2.24, 2.45) is 4.99 Å². The topological polar surface area (TPSA) is 85.8 Å². The van der Waals surface area contributed by atoms with Crippen molar-refractivity contribution in [2.75, 3.05) is 33.2 Å². The van der Waals surface area contributed by atoms with Crippen molar-refractivity contribution in [1.29, 1.82) is 0 Å². The fraction of sp³-hybridized carbons (Fsp3) is 0.526. The van der Waals surface area contributed by atoms with Crippen molar-refractivity contribution in [2.45, 2.75) is 31.1 Å². The molecule has 9 heteroatoms. The molecular weight excluding hydrogens is 537 g/mol. The third-order valence-electron chi connectivity index (χ3n) is 5.40. The van der Waals surface area contributed by atoms with Gasteiger partial charge in [-0.15, -0.1) is 24.0 Å². The molecule has 0 atom stereocenters. The molecule has 1 saturated heterocycles. The fourth-order valence-electron chi connectivity index (χ4n) is 3.86. The zero-order chi connectivity index (χ0) is 19.3. The standard InChI is InChI=1S/C19H26BrN5O2.HI/c1-21-17(22-10-11-25-16(26)12-23-18(25)27)24-13-19(8-2-3-9-19)14-4-6-15(20)7-5-14;/h4-7H,2-3,8-13H2,1H3,(H,23,27)(H2,21,22,24);1H. The number of rotatable bonds is 6. The molecule has 0 radical (unpaired) electrons. The van der Waals surface area contributed by atoms with Gasteiger partial charge < -0.3 is 16.0 Å². The van der Waals surface area contributed by atoms with Crippen LogP contribution >= 0.6 is 39.9 Å². The number of imide groups is 1. The molecule has 1 heterocycles. The molecule has 3 amide bonds. The first kappa shape index (κ1) is 22.9. The molecule has 154 valence electrons. The molecule has 1 aliphatic heterocycles. The van der Waals surface area contributed by atoms with E-state index in [0.717, 1.165) is 23.9 Å². The van der Waals surface area contributed by atoms with E-state index >= 15 is 0 Å². The van der Waals surface area contributed by atoms with E-state index < -0.39 is 0 Å². The number of amides is 3. The van der Waals surface area contributed by atoms with Crippen LogP contribution in [0.25, 0.3) is 0 Å². The Bertz CT molecular complexity index is 704. The fourth-order valence-corrected chi connectivity index (χ4v) is 4.13. The predicted octanol–water partition coefficient (Wildman–Crippen LogP) is 2.60. The highest BCUT2D eigenvalue weighted by Crippen LogP contribution is 2.40. The lowest BCUT2D eigenvalue weighted by Crippen LogP contribution is -2.47.